The third kappa shape index (κ3) is 6.33. The molecule has 0 aliphatic heterocycles. The van der Waals surface area contributed by atoms with Gasteiger partial charge in [0.25, 0.3) is 0 Å². The molecular formula is C21H27N3O3. The molecule has 0 aromatic heterocycles. The van der Waals surface area contributed by atoms with E-state index < -0.39 is 0 Å². The van der Waals surface area contributed by atoms with Crippen molar-refractivity contribution >= 4 is 11.9 Å². The lowest BCUT2D eigenvalue weighted by atomic mass is 10.1. The zero-order valence-electron chi connectivity index (χ0n) is 16.1. The molecule has 0 unspecified atom stereocenters. The predicted molar refractivity (Wildman–Crippen MR) is 107 cm³/mol. The standard InChI is InChI=1S/C21H27N3O3/c1-4-22-21(24-15-18-8-6-7-9-19(18)27-5-2)23-14-16-10-12-17(13-11-16)20(25)26-3/h6-13H,4-5,14-15H2,1-3H3,(H2,22,23,24). The second-order valence-electron chi connectivity index (χ2n) is 5.78. The lowest BCUT2D eigenvalue weighted by Crippen LogP contribution is -2.36. The number of carbonyl (C=O) groups is 1. The average molecular weight is 369 g/mol. The number of carbonyl (C=O) groups excluding carboxylic acids is 1. The molecule has 2 N–H and O–H groups in total. The summed E-state index contributed by atoms with van der Waals surface area (Å²) >= 11 is 0. The van der Waals surface area contributed by atoms with Gasteiger partial charge in [0.2, 0.25) is 0 Å². The fourth-order valence-electron chi connectivity index (χ4n) is 2.50. The van der Waals surface area contributed by atoms with Crippen molar-refractivity contribution in [3.63, 3.8) is 0 Å². The van der Waals surface area contributed by atoms with Crippen LogP contribution in [0.4, 0.5) is 0 Å². The van der Waals surface area contributed by atoms with Crippen molar-refractivity contribution in [1.29, 1.82) is 0 Å². The number of rotatable bonds is 8. The van der Waals surface area contributed by atoms with Gasteiger partial charge in [0.05, 0.1) is 25.8 Å². The Morgan fingerprint density at radius 3 is 2.44 bits per heavy atom. The van der Waals surface area contributed by atoms with Gasteiger partial charge in [-0.3, -0.25) is 0 Å². The molecular weight excluding hydrogens is 342 g/mol. The normalized spacial score (nSPS) is 11.0. The minimum Gasteiger partial charge on any atom is -0.494 e. The van der Waals surface area contributed by atoms with Gasteiger partial charge < -0.3 is 20.1 Å². The first-order chi connectivity index (χ1) is 13.2. The summed E-state index contributed by atoms with van der Waals surface area (Å²) in [6.45, 7) is 6.51. The Morgan fingerprint density at radius 1 is 1.04 bits per heavy atom. The number of esters is 1. The molecule has 0 radical (unpaired) electrons. The molecule has 0 aliphatic rings. The van der Waals surface area contributed by atoms with Crippen LogP contribution in [0.15, 0.2) is 53.5 Å². The highest BCUT2D eigenvalue weighted by atomic mass is 16.5. The first-order valence-electron chi connectivity index (χ1n) is 9.08. The van der Waals surface area contributed by atoms with E-state index in [2.05, 4.69) is 15.6 Å². The van der Waals surface area contributed by atoms with Crippen LogP contribution in [0.1, 0.15) is 35.3 Å². The molecule has 0 atom stereocenters. The van der Waals surface area contributed by atoms with Gasteiger partial charge in [0.1, 0.15) is 5.75 Å². The van der Waals surface area contributed by atoms with Gasteiger partial charge in [-0.25, -0.2) is 9.79 Å². The maximum absolute atomic E-state index is 11.5. The number of methoxy groups -OCH3 is 1. The van der Waals surface area contributed by atoms with E-state index in [0.717, 1.165) is 29.4 Å². The largest absolute Gasteiger partial charge is 0.494 e. The first kappa shape index (κ1) is 20.3. The van der Waals surface area contributed by atoms with Crippen molar-refractivity contribution in [1.82, 2.24) is 10.6 Å². The van der Waals surface area contributed by atoms with Crippen molar-refractivity contribution < 1.29 is 14.3 Å². The number of nitrogens with one attached hydrogen (secondary N) is 2. The van der Waals surface area contributed by atoms with Crippen molar-refractivity contribution in [2.75, 3.05) is 20.3 Å². The van der Waals surface area contributed by atoms with E-state index in [0.29, 0.717) is 25.3 Å². The van der Waals surface area contributed by atoms with Crippen LogP contribution in [-0.2, 0) is 17.8 Å². The Bertz CT molecular complexity index is 758. The van der Waals surface area contributed by atoms with Crippen LogP contribution in [0.25, 0.3) is 0 Å². The van der Waals surface area contributed by atoms with Gasteiger partial charge in [0, 0.05) is 18.7 Å². The summed E-state index contributed by atoms with van der Waals surface area (Å²) in [6, 6.07) is 15.2. The van der Waals surface area contributed by atoms with E-state index in [-0.39, 0.29) is 5.97 Å². The molecule has 0 aliphatic carbocycles. The molecule has 27 heavy (non-hydrogen) atoms. The summed E-state index contributed by atoms with van der Waals surface area (Å²) in [6.07, 6.45) is 0. The Kier molecular flexibility index (Phi) is 8.16. The second-order valence-corrected chi connectivity index (χ2v) is 5.78. The number of ether oxygens (including phenoxy) is 2. The van der Waals surface area contributed by atoms with E-state index in [4.69, 9.17) is 9.47 Å². The highest BCUT2D eigenvalue weighted by Crippen LogP contribution is 2.17. The van der Waals surface area contributed by atoms with Gasteiger partial charge in [0.15, 0.2) is 5.96 Å². The van der Waals surface area contributed by atoms with Crippen molar-refractivity contribution in [2.45, 2.75) is 26.9 Å². The maximum atomic E-state index is 11.5. The summed E-state index contributed by atoms with van der Waals surface area (Å²) in [5.41, 5.74) is 2.62. The molecule has 2 aromatic rings. The van der Waals surface area contributed by atoms with Crippen LogP contribution < -0.4 is 15.4 Å². The summed E-state index contributed by atoms with van der Waals surface area (Å²) in [5, 5.41) is 6.57. The van der Waals surface area contributed by atoms with E-state index in [9.17, 15) is 4.79 Å². The Balaban J connectivity index is 2.01. The number of benzene rings is 2. The van der Waals surface area contributed by atoms with Gasteiger partial charge in [-0.15, -0.1) is 0 Å². The molecule has 0 heterocycles. The lowest BCUT2D eigenvalue weighted by Gasteiger charge is -2.14. The van der Waals surface area contributed by atoms with E-state index in [1.807, 2.05) is 50.2 Å². The number of nitrogens with zero attached hydrogens (tertiary/aromatic N) is 1. The number of aliphatic imine (C=N–C) groups is 1. The highest BCUT2D eigenvalue weighted by molar-refractivity contribution is 5.89. The Morgan fingerprint density at radius 2 is 1.78 bits per heavy atom. The van der Waals surface area contributed by atoms with Crippen LogP contribution in [0.2, 0.25) is 0 Å². The number of hydrogen-bond acceptors (Lipinski definition) is 4. The van der Waals surface area contributed by atoms with Gasteiger partial charge in [-0.2, -0.15) is 0 Å². The van der Waals surface area contributed by atoms with Crippen LogP contribution in [-0.4, -0.2) is 32.2 Å². The Hall–Kier alpha value is -3.02. The maximum Gasteiger partial charge on any atom is 0.337 e. The molecule has 0 spiro atoms. The monoisotopic (exact) mass is 369 g/mol. The molecule has 0 amide bonds. The topological polar surface area (TPSA) is 72.0 Å². The second kappa shape index (κ2) is 10.9. The number of guanidine groups is 1. The number of hydrogen-bond donors (Lipinski definition) is 2. The molecule has 0 saturated heterocycles. The average Bonchev–Trinajstić information content (AvgIpc) is 2.71. The van der Waals surface area contributed by atoms with Crippen molar-refractivity contribution in [3.05, 3.63) is 65.2 Å². The fourth-order valence-corrected chi connectivity index (χ4v) is 2.50. The van der Waals surface area contributed by atoms with Gasteiger partial charge >= 0.3 is 5.97 Å². The molecule has 2 aromatic carbocycles. The third-order valence-electron chi connectivity index (χ3n) is 3.86. The highest BCUT2D eigenvalue weighted by Gasteiger charge is 2.06. The van der Waals surface area contributed by atoms with Crippen molar-refractivity contribution in [2.24, 2.45) is 4.99 Å². The number of para-hydroxylation sites is 1. The zero-order valence-corrected chi connectivity index (χ0v) is 16.1. The van der Waals surface area contributed by atoms with Gasteiger partial charge in [-0.05, 0) is 37.6 Å². The summed E-state index contributed by atoms with van der Waals surface area (Å²) in [7, 11) is 1.37. The molecule has 0 bridgehead atoms. The zero-order chi connectivity index (χ0) is 19.5. The van der Waals surface area contributed by atoms with Crippen LogP contribution >= 0.6 is 0 Å². The van der Waals surface area contributed by atoms with Gasteiger partial charge in [-0.1, -0.05) is 30.3 Å². The smallest absolute Gasteiger partial charge is 0.337 e. The summed E-state index contributed by atoms with van der Waals surface area (Å²) in [4.78, 5) is 16.1. The molecule has 6 nitrogen and oxygen atoms in total. The predicted octanol–water partition coefficient (Wildman–Crippen LogP) is 3.13. The molecule has 144 valence electrons. The van der Waals surface area contributed by atoms with Crippen LogP contribution in [0, 0.1) is 0 Å². The van der Waals surface area contributed by atoms with E-state index >= 15 is 0 Å². The lowest BCUT2D eigenvalue weighted by molar-refractivity contribution is 0.0600. The fraction of sp³-hybridized carbons (Fsp3) is 0.333. The molecule has 0 fully saturated rings. The Labute approximate surface area is 160 Å². The van der Waals surface area contributed by atoms with Crippen LogP contribution in [0.3, 0.4) is 0 Å². The summed E-state index contributed by atoms with van der Waals surface area (Å²) < 4.78 is 10.4. The quantitative estimate of drug-likeness (QED) is 0.425. The molecule has 6 heteroatoms. The SMILES string of the molecule is CCNC(=NCc1ccc(C(=O)OC)cc1)NCc1ccccc1OCC. The minimum atomic E-state index is -0.340. The third-order valence-corrected chi connectivity index (χ3v) is 3.86. The van der Waals surface area contributed by atoms with Crippen LogP contribution in [0.5, 0.6) is 5.75 Å². The molecule has 0 saturated carbocycles. The molecule has 2 rings (SSSR count). The minimum absolute atomic E-state index is 0.340. The summed E-state index contributed by atoms with van der Waals surface area (Å²) in [5.74, 6) is 1.26. The van der Waals surface area contributed by atoms with E-state index in [1.165, 1.54) is 7.11 Å². The van der Waals surface area contributed by atoms with Crippen molar-refractivity contribution in [3.8, 4) is 5.75 Å². The first-order valence-corrected chi connectivity index (χ1v) is 9.08. The van der Waals surface area contributed by atoms with E-state index in [1.54, 1.807) is 12.1 Å².